The normalized spacial score (nSPS) is 11.4. The summed E-state index contributed by atoms with van der Waals surface area (Å²) in [6.45, 7) is 3.65. The summed E-state index contributed by atoms with van der Waals surface area (Å²) >= 11 is 6.34. The van der Waals surface area contributed by atoms with Gasteiger partial charge in [-0.2, -0.15) is 0 Å². The Labute approximate surface area is 130 Å². The van der Waals surface area contributed by atoms with Crippen molar-refractivity contribution < 1.29 is 13.3 Å². The van der Waals surface area contributed by atoms with Crippen molar-refractivity contribution in [3.05, 3.63) is 49.8 Å². The predicted molar refractivity (Wildman–Crippen MR) is 82.7 cm³/mol. The van der Waals surface area contributed by atoms with Crippen LogP contribution in [0.25, 0.3) is 0 Å². The zero-order valence-corrected chi connectivity index (χ0v) is 13.5. The first kappa shape index (κ1) is 15.7. The second-order valence-corrected chi connectivity index (χ2v) is 7.90. The highest BCUT2D eigenvalue weighted by atomic mass is 35.5. The van der Waals surface area contributed by atoms with Crippen LogP contribution in [0.2, 0.25) is 4.34 Å². The van der Waals surface area contributed by atoms with Crippen LogP contribution in [0.15, 0.2) is 28.5 Å². The van der Waals surface area contributed by atoms with Crippen molar-refractivity contribution in [2.24, 2.45) is 0 Å². The summed E-state index contributed by atoms with van der Waals surface area (Å²) < 4.78 is 26.6. The van der Waals surface area contributed by atoms with Crippen molar-refractivity contribution in [2.45, 2.75) is 18.1 Å². The van der Waals surface area contributed by atoms with Gasteiger partial charge in [0.05, 0.1) is 10.6 Å². The molecule has 9 heteroatoms. The highest BCUT2D eigenvalue weighted by Gasteiger charge is 2.25. The monoisotopic (exact) mass is 346 g/mol. The van der Waals surface area contributed by atoms with Crippen molar-refractivity contribution in [1.82, 2.24) is 0 Å². The van der Waals surface area contributed by atoms with Crippen molar-refractivity contribution in [1.29, 1.82) is 0 Å². The summed E-state index contributed by atoms with van der Waals surface area (Å²) in [5, 5.41) is 10.7. The van der Waals surface area contributed by atoms with Gasteiger partial charge in [-0.25, -0.2) is 8.42 Å². The topological polar surface area (TPSA) is 89.3 Å². The molecule has 0 saturated carbocycles. The van der Waals surface area contributed by atoms with Crippen LogP contribution < -0.4 is 4.72 Å². The lowest BCUT2D eigenvalue weighted by molar-refractivity contribution is -0.384. The molecule has 112 valence electrons. The van der Waals surface area contributed by atoms with Crippen molar-refractivity contribution in [2.75, 3.05) is 4.72 Å². The van der Waals surface area contributed by atoms with Gasteiger partial charge in [0.25, 0.3) is 15.7 Å². The van der Waals surface area contributed by atoms with Gasteiger partial charge in [-0.1, -0.05) is 23.7 Å². The van der Waals surface area contributed by atoms with Gasteiger partial charge in [-0.3, -0.25) is 14.8 Å². The van der Waals surface area contributed by atoms with Crippen molar-refractivity contribution in [3.63, 3.8) is 0 Å². The smallest absolute Gasteiger partial charge is 0.279 e. The van der Waals surface area contributed by atoms with E-state index in [9.17, 15) is 18.5 Å². The van der Waals surface area contributed by atoms with E-state index in [1.165, 1.54) is 0 Å². The number of sulfonamides is 1. The SMILES string of the molecule is Cc1cccc(NS(=O)(=O)c2cc([N+](=O)[O-])c(Cl)s2)c1C. The quantitative estimate of drug-likeness (QED) is 0.674. The molecule has 1 aromatic heterocycles. The van der Waals surface area contributed by atoms with Crippen molar-refractivity contribution in [3.8, 4) is 0 Å². The van der Waals surface area contributed by atoms with E-state index in [2.05, 4.69) is 4.72 Å². The first-order chi connectivity index (χ1) is 9.72. The molecule has 0 unspecified atom stereocenters. The summed E-state index contributed by atoms with van der Waals surface area (Å²) in [5.41, 5.74) is 1.74. The third-order valence-corrected chi connectivity index (χ3v) is 6.13. The number of benzene rings is 1. The highest BCUT2D eigenvalue weighted by Crippen LogP contribution is 2.37. The zero-order valence-electron chi connectivity index (χ0n) is 11.1. The van der Waals surface area contributed by atoms with Crippen LogP contribution in [0, 0.1) is 24.0 Å². The molecule has 0 saturated heterocycles. The van der Waals surface area contributed by atoms with Gasteiger partial charge in [-0.15, -0.1) is 11.3 Å². The van der Waals surface area contributed by atoms with Gasteiger partial charge in [0, 0.05) is 6.07 Å². The lowest BCUT2D eigenvalue weighted by atomic mass is 10.1. The number of hydrogen-bond donors (Lipinski definition) is 1. The van der Waals surface area contributed by atoms with E-state index in [1.54, 1.807) is 19.1 Å². The minimum atomic E-state index is -3.91. The molecule has 0 fully saturated rings. The minimum Gasteiger partial charge on any atom is -0.279 e. The van der Waals surface area contributed by atoms with Crippen LogP contribution in [-0.2, 0) is 10.0 Å². The maximum Gasteiger partial charge on any atom is 0.300 e. The van der Waals surface area contributed by atoms with Gasteiger partial charge in [0.2, 0.25) is 0 Å². The third kappa shape index (κ3) is 3.17. The molecule has 6 nitrogen and oxygen atoms in total. The van der Waals surface area contributed by atoms with Gasteiger partial charge < -0.3 is 0 Å². The second-order valence-electron chi connectivity index (χ2n) is 4.33. The second kappa shape index (κ2) is 5.63. The fourth-order valence-corrected chi connectivity index (χ4v) is 4.44. The largest absolute Gasteiger partial charge is 0.300 e. The summed E-state index contributed by atoms with van der Waals surface area (Å²) in [6.07, 6.45) is 0. The average Bonchev–Trinajstić information content (AvgIpc) is 2.78. The number of anilines is 1. The molecular formula is C12H11ClN2O4S2. The molecule has 1 N–H and O–H groups in total. The standard InChI is InChI=1S/C12H11ClN2O4S2/c1-7-4-3-5-9(8(7)2)14-21(18,19)11-6-10(15(16)17)12(13)20-11/h3-6,14H,1-2H3. The van der Waals surface area contributed by atoms with Gasteiger partial charge in [-0.05, 0) is 31.0 Å². The molecule has 0 amide bonds. The molecule has 0 aliphatic rings. The Hall–Kier alpha value is -1.64. The van der Waals surface area contributed by atoms with E-state index < -0.39 is 20.6 Å². The molecule has 0 aliphatic carbocycles. The Morgan fingerprint density at radius 2 is 2.00 bits per heavy atom. The molecule has 0 aliphatic heterocycles. The first-order valence-electron chi connectivity index (χ1n) is 5.75. The Kier molecular flexibility index (Phi) is 4.22. The molecular weight excluding hydrogens is 336 g/mol. The predicted octanol–water partition coefficient (Wildman–Crippen LogP) is 3.73. The molecule has 1 aromatic carbocycles. The minimum absolute atomic E-state index is 0.165. The van der Waals surface area contributed by atoms with Crippen LogP contribution in [0.1, 0.15) is 11.1 Å². The van der Waals surface area contributed by atoms with Gasteiger partial charge >= 0.3 is 0 Å². The van der Waals surface area contributed by atoms with E-state index in [1.807, 2.05) is 13.0 Å². The van der Waals surface area contributed by atoms with Gasteiger partial charge in [0.15, 0.2) is 4.34 Å². The number of nitrogens with zero attached hydrogens (tertiary/aromatic N) is 1. The number of hydrogen-bond acceptors (Lipinski definition) is 5. The molecule has 2 rings (SSSR count). The van der Waals surface area contributed by atoms with E-state index in [-0.39, 0.29) is 8.55 Å². The fraction of sp³-hybridized carbons (Fsp3) is 0.167. The maximum absolute atomic E-state index is 12.3. The highest BCUT2D eigenvalue weighted by molar-refractivity contribution is 7.94. The Balaban J connectivity index is 2.41. The molecule has 0 spiro atoms. The lowest BCUT2D eigenvalue weighted by Gasteiger charge is -2.10. The molecule has 0 atom stereocenters. The first-order valence-corrected chi connectivity index (χ1v) is 8.43. The van der Waals surface area contributed by atoms with E-state index in [0.717, 1.165) is 17.2 Å². The Morgan fingerprint density at radius 3 is 2.57 bits per heavy atom. The van der Waals surface area contributed by atoms with E-state index in [4.69, 9.17) is 11.6 Å². The average molecular weight is 347 g/mol. The van der Waals surface area contributed by atoms with Crippen LogP contribution in [0.5, 0.6) is 0 Å². The van der Waals surface area contributed by atoms with Crippen molar-refractivity contribution >= 4 is 44.3 Å². The maximum atomic E-state index is 12.3. The Morgan fingerprint density at radius 1 is 1.33 bits per heavy atom. The molecule has 21 heavy (non-hydrogen) atoms. The summed E-state index contributed by atoms with van der Waals surface area (Å²) in [6, 6.07) is 6.17. The summed E-state index contributed by atoms with van der Waals surface area (Å²) in [4.78, 5) is 10.0. The number of aryl methyl sites for hydroxylation is 1. The number of thiophene rings is 1. The Bertz CT molecular complexity index is 815. The molecule has 2 aromatic rings. The van der Waals surface area contributed by atoms with Crippen LogP contribution in [0.3, 0.4) is 0 Å². The van der Waals surface area contributed by atoms with Crippen LogP contribution >= 0.6 is 22.9 Å². The molecule has 0 bridgehead atoms. The summed E-state index contributed by atoms with van der Waals surface area (Å²) in [5.74, 6) is 0. The lowest BCUT2D eigenvalue weighted by Crippen LogP contribution is -2.12. The fourth-order valence-electron chi connectivity index (χ4n) is 1.65. The number of nitrogens with one attached hydrogen (secondary N) is 1. The molecule has 1 heterocycles. The van der Waals surface area contributed by atoms with E-state index in [0.29, 0.717) is 17.0 Å². The van der Waals surface area contributed by atoms with Crippen LogP contribution in [-0.4, -0.2) is 13.3 Å². The van der Waals surface area contributed by atoms with Gasteiger partial charge in [0.1, 0.15) is 4.21 Å². The summed E-state index contributed by atoms with van der Waals surface area (Å²) in [7, 11) is -3.91. The number of rotatable bonds is 4. The zero-order chi connectivity index (χ0) is 15.8. The number of halogens is 1. The molecule has 0 radical (unpaired) electrons. The van der Waals surface area contributed by atoms with Crippen LogP contribution in [0.4, 0.5) is 11.4 Å². The van der Waals surface area contributed by atoms with E-state index >= 15 is 0 Å². The third-order valence-electron chi connectivity index (χ3n) is 2.96. The number of nitro groups is 1.